The number of nitrogens with zero attached hydrogens (tertiary/aromatic N) is 1. The van der Waals surface area contributed by atoms with Gasteiger partial charge in [-0.15, -0.1) is 24.8 Å². The van der Waals surface area contributed by atoms with Crippen LogP contribution in [0.2, 0.25) is 0 Å². The quantitative estimate of drug-likeness (QED) is 0.621. The maximum Gasteiger partial charge on any atom is 0.0867 e. The molecule has 2 rings (SSSR count). The smallest absolute Gasteiger partial charge is 0.0867 e. The van der Waals surface area contributed by atoms with Crippen LogP contribution in [0, 0.1) is 0 Å². The third kappa shape index (κ3) is 2.24. The maximum atomic E-state index is 5.57. The van der Waals surface area contributed by atoms with E-state index in [1.807, 2.05) is 0 Å². The molecule has 2 saturated heterocycles. The van der Waals surface area contributed by atoms with Crippen molar-refractivity contribution in [3.63, 3.8) is 0 Å². The standard InChI is InChI=1S/C7H14N2O.2ClH/c1-9-2-3-10-7-5-8-4-6(7)9;;/h6-8H,2-5H2,1H3;2*1H/t6-,7+;;/m1../s1. The number of hydrogen-bond donors (Lipinski definition) is 1. The fraction of sp³-hybridized carbons (Fsp3) is 1.00. The van der Waals surface area contributed by atoms with Crippen molar-refractivity contribution < 1.29 is 4.74 Å². The number of morpholine rings is 1. The van der Waals surface area contributed by atoms with E-state index < -0.39 is 0 Å². The van der Waals surface area contributed by atoms with Gasteiger partial charge in [0, 0.05) is 25.7 Å². The minimum atomic E-state index is 0. The Labute approximate surface area is 85.6 Å². The molecule has 5 heteroatoms. The van der Waals surface area contributed by atoms with Crippen LogP contribution < -0.4 is 5.32 Å². The lowest BCUT2D eigenvalue weighted by Gasteiger charge is -2.33. The highest BCUT2D eigenvalue weighted by Crippen LogP contribution is 2.14. The number of nitrogens with one attached hydrogen (secondary N) is 1. The summed E-state index contributed by atoms with van der Waals surface area (Å²) in [5, 5.41) is 3.33. The molecule has 74 valence electrons. The van der Waals surface area contributed by atoms with Gasteiger partial charge in [-0.3, -0.25) is 4.90 Å². The van der Waals surface area contributed by atoms with Crippen molar-refractivity contribution in [3.8, 4) is 0 Å². The van der Waals surface area contributed by atoms with Gasteiger partial charge in [0.25, 0.3) is 0 Å². The van der Waals surface area contributed by atoms with Crippen LogP contribution in [0.15, 0.2) is 0 Å². The summed E-state index contributed by atoms with van der Waals surface area (Å²) in [5.41, 5.74) is 0. The average molecular weight is 215 g/mol. The first-order valence-corrected chi connectivity index (χ1v) is 3.90. The Hall–Kier alpha value is 0.460. The van der Waals surface area contributed by atoms with E-state index in [-0.39, 0.29) is 24.8 Å². The number of fused-ring (bicyclic) bond motifs is 1. The molecule has 1 N–H and O–H groups in total. The fourth-order valence-corrected chi connectivity index (χ4v) is 1.76. The molecule has 2 atom stereocenters. The Kier molecular flexibility index (Phi) is 5.45. The van der Waals surface area contributed by atoms with E-state index in [0.717, 1.165) is 26.2 Å². The zero-order valence-corrected chi connectivity index (χ0v) is 8.79. The summed E-state index contributed by atoms with van der Waals surface area (Å²) in [6, 6.07) is 0.633. The molecule has 0 aromatic rings. The lowest BCUT2D eigenvalue weighted by molar-refractivity contribution is -0.0363. The molecule has 0 bridgehead atoms. The average Bonchev–Trinajstić information content (AvgIpc) is 2.36. The van der Waals surface area contributed by atoms with Gasteiger partial charge in [0.1, 0.15) is 0 Å². The summed E-state index contributed by atoms with van der Waals surface area (Å²) >= 11 is 0. The Balaban J connectivity index is 0.000000605. The summed E-state index contributed by atoms with van der Waals surface area (Å²) in [4.78, 5) is 2.38. The summed E-state index contributed by atoms with van der Waals surface area (Å²) < 4.78 is 5.57. The van der Waals surface area contributed by atoms with Crippen molar-refractivity contribution in [2.75, 3.05) is 33.3 Å². The molecule has 2 aliphatic rings. The van der Waals surface area contributed by atoms with Gasteiger partial charge in [0.15, 0.2) is 0 Å². The first-order valence-electron chi connectivity index (χ1n) is 3.90. The van der Waals surface area contributed by atoms with Crippen molar-refractivity contribution in [1.29, 1.82) is 0 Å². The Morgan fingerprint density at radius 1 is 1.33 bits per heavy atom. The molecule has 0 spiro atoms. The summed E-state index contributed by atoms with van der Waals surface area (Å²) in [7, 11) is 2.17. The summed E-state index contributed by atoms with van der Waals surface area (Å²) in [6.45, 7) is 4.12. The highest BCUT2D eigenvalue weighted by Gasteiger charge is 2.33. The molecule has 0 aromatic heterocycles. The van der Waals surface area contributed by atoms with Crippen LogP contribution in [0.5, 0.6) is 0 Å². The molecule has 0 radical (unpaired) electrons. The first-order chi connectivity index (χ1) is 4.88. The number of likely N-dealkylation sites (N-methyl/N-ethyl adjacent to an activating group) is 1. The molecular formula is C7H16Cl2N2O. The lowest BCUT2D eigenvalue weighted by Crippen LogP contribution is -2.48. The van der Waals surface area contributed by atoms with Crippen molar-refractivity contribution >= 4 is 24.8 Å². The first kappa shape index (κ1) is 12.5. The molecule has 2 aliphatic heterocycles. The molecule has 0 aromatic carbocycles. The lowest BCUT2D eigenvalue weighted by atomic mass is 10.1. The molecular weight excluding hydrogens is 199 g/mol. The van der Waals surface area contributed by atoms with Crippen LogP contribution >= 0.6 is 24.8 Å². The highest BCUT2D eigenvalue weighted by molar-refractivity contribution is 5.85. The van der Waals surface area contributed by atoms with Crippen LogP contribution in [0.1, 0.15) is 0 Å². The predicted octanol–water partition coefficient (Wildman–Crippen LogP) is 0.132. The number of ether oxygens (including phenoxy) is 1. The number of hydrogen-bond acceptors (Lipinski definition) is 3. The van der Waals surface area contributed by atoms with Crippen molar-refractivity contribution in [1.82, 2.24) is 10.2 Å². The fourth-order valence-electron chi connectivity index (χ4n) is 1.76. The zero-order valence-electron chi connectivity index (χ0n) is 7.16. The topological polar surface area (TPSA) is 24.5 Å². The molecule has 0 aliphatic carbocycles. The Morgan fingerprint density at radius 2 is 2.08 bits per heavy atom. The second-order valence-electron chi connectivity index (χ2n) is 3.12. The van der Waals surface area contributed by atoms with E-state index >= 15 is 0 Å². The van der Waals surface area contributed by atoms with Crippen molar-refractivity contribution in [2.24, 2.45) is 0 Å². The van der Waals surface area contributed by atoms with Gasteiger partial charge < -0.3 is 10.1 Å². The normalized spacial score (nSPS) is 34.8. The zero-order chi connectivity index (χ0) is 6.97. The third-order valence-electron chi connectivity index (χ3n) is 2.47. The van der Waals surface area contributed by atoms with Crippen molar-refractivity contribution in [3.05, 3.63) is 0 Å². The Bertz CT molecular complexity index is 137. The van der Waals surface area contributed by atoms with E-state index in [9.17, 15) is 0 Å². The van der Waals surface area contributed by atoms with Crippen LogP contribution in [0.3, 0.4) is 0 Å². The second kappa shape index (κ2) is 5.25. The van der Waals surface area contributed by atoms with Gasteiger partial charge in [-0.1, -0.05) is 0 Å². The predicted molar refractivity (Wildman–Crippen MR) is 53.5 cm³/mol. The summed E-state index contributed by atoms with van der Waals surface area (Å²) in [6.07, 6.45) is 0.457. The van der Waals surface area contributed by atoms with Gasteiger partial charge in [-0.25, -0.2) is 0 Å². The van der Waals surface area contributed by atoms with Crippen LogP contribution in [-0.4, -0.2) is 50.3 Å². The van der Waals surface area contributed by atoms with Crippen LogP contribution in [-0.2, 0) is 4.74 Å². The van der Waals surface area contributed by atoms with Gasteiger partial charge in [-0.05, 0) is 7.05 Å². The van der Waals surface area contributed by atoms with E-state index in [1.54, 1.807) is 0 Å². The molecule has 2 heterocycles. The molecule has 2 fully saturated rings. The molecule has 0 unspecified atom stereocenters. The van der Waals surface area contributed by atoms with Crippen LogP contribution in [0.4, 0.5) is 0 Å². The van der Waals surface area contributed by atoms with Gasteiger partial charge in [0.2, 0.25) is 0 Å². The third-order valence-corrected chi connectivity index (χ3v) is 2.47. The van der Waals surface area contributed by atoms with E-state index in [0.29, 0.717) is 12.1 Å². The van der Waals surface area contributed by atoms with Gasteiger partial charge in [-0.2, -0.15) is 0 Å². The largest absolute Gasteiger partial charge is 0.374 e. The maximum absolute atomic E-state index is 5.57. The van der Waals surface area contributed by atoms with Gasteiger partial charge in [0.05, 0.1) is 12.7 Å². The van der Waals surface area contributed by atoms with Crippen molar-refractivity contribution in [2.45, 2.75) is 12.1 Å². The molecule has 3 nitrogen and oxygen atoms in total. The van der Waals surface area contributed by atoms with E-state index in [4.69, 9.17) is 4.74 Å². The van der Waals surface area contributed by atoms with Gasteiger partial charge >= 0.3 is 0 Å². The Morgan fingerprint density at radius 3 is 2.75 bits per heavy atom. The minimum Gasteiger partial charge on any atom is -0.374 e. The number of halogens is 2. The van der Waals surface area contributed by atoms with Crippen LogP contribution in [0.25, 0.3) is 0 Å². The highest BCUT2D eigenvalue weighted by atomic mass is 35.5. The second-order valence-corrected chi connectivity index (χ2v) is 3.12. The molecule has 0 saturated carbocycles. The summed E-state index contributed by atoms with van der Waals surface area (Å²) in [5.74, 6) is 0. The SMILES string of the molecule is CN1CCO[C@H]2CNC[C@H]21.Cl.Cl. The molecule has 0 amide bonds. The van der Waals surface area contributed by atoms with E-state index in [1.165, 1.54) is 0 Å². The minimum absolute atomic E-state index is 0. The van der Waals surface area contributed by atoms with E-state index in [2.05, 4.69) is 17.3 Å². The molecule has 12 heavy (non-hydrogen) atoms. The monoisotopic (exact) mass is 214 g/mol. The number of rotatable bonds is 0.